The van der Waals surface area contributed by atoms with E-state index in [4.69, 9.17) is 5.39 Å². The number of rotatable bonds is 0. The second-order valence-corrected chi connectivity index (χ2v) is 2.48. The zero-order valence-electron chi connectivity index (χ0n) is 6.58. The maximum Gasteiger partial charge on any atom is 0.467 e. The first-order chi connectivity index (χ1) is 6.33. The van der Waals surface area contributed by atoms with E-state index in [-0.39, 0.29) is 11.2 Å². The Morgan fingerprint density at radius 2 is 2.31 bits per heavy atom. The van der Waals surface area contributed by atoms with Crippen molar-refractivity contribution in [3.05, 3.63) is 45.9 Å². The summed E-state index contributed by atoms with van der Waals surface area (Å²) in [5.41, 5.74) is 0.0803. The predicted octanol–water partition coefficient (Wildman–Crippen LogP) is 1.18. The molecule has 0 N–H and O–H groups in total. The van der Waals surface area contributed by atoms with Crippen molar-refractivity contribution in [2.75, 3.05) is 0 Å². The predicted molar refractivity (Wildman–Crippen MR) is 46.2 cm³/mol. The summed E-state index contributed by atoms with van der Waals surface area (Å²) >= 11 is 0. The van der Waals surface area contributed by atoms with Crippen LogP contribution in [-0.2, 0) is 0 Å². The van der Waals surface area contributed by atoms with Gasteiger partial charge in [-0.2, -0.15) is 0 Å². The monoisotopic (exact) mass is 173 g/mol. The molecule has 2 rings (SSSR count). The van der Waals surface area contributed by atoms with Gasteiger partial charge in [-0.3, -0.25) is 9.20 Å². The molecule has 0 radical (unpaired) electrons. The van der Waals surface area contributed by atoms with Crippen molar-refractivity contribution in [1.29, 1.82) is 5.39 Å². The summed E-state index contributed by atoms with van der Waals surface area (Å²) in [4.78, 5) is 18.2. The highest BCUT2D eigenvalue weighted by Gasteiger charge is 2.13. The van der Waals surface area contributed by atoms with Gasteiger partial charge < -0.3 is 0 Å². The molecule has 0 aliphatic heterocycles. The first kappa shape index (κ1) is 7.43. The van der Waals surface area contributed by atoms with Gasteiger partial charge in [0.15, 0.2) is 4.98 Å². The van der Waals surface area contributed by atoms with Crippen LogP contribution >= 0.6 is 0 Å². The van der Waals surface area contributed by atoms with Gasteiger partial charge in [-0.05, 0) is 12.1 Å². The van der Waals surface area contributed by atoms with Crippen LogP contribution < -0.4 is 5.56 Å². The van der Waals surface area contributed by atoms with Gasteiger partial charge in [0.1, 0.15) is 11.8 Å². The van der Waals surface area contributed by atoms with Crippen molar-refractivity contribution < 1.29 is 0 Å². The molecule has 0 saturated carbocycles. The normalized spacial score (nSPS) is 9.77. The van der Waals surface area contributed by atoms with Crippen LogP contribution in [-0.4, -0.2) is 9.38 Å². The van der Waals surface area contributed by atoms with E-state index in [0.717, 1.165) is 0 Å². The fourth-order valence-electron chi connectivity index (χ4n) is 1.09. The summed E-state index contributed by atoms with van der Waals surface area (Å²) < 4.78 is 1.31. The van der Waals surface area contributed by atoms with E-state index in [2.05, 4.69) is 9.96 Å². The molecule has 62 valence electrons. The van der Waals surface area contributed by atoms with Gasteiger partial charge in [0.25, 0.3) is 0 Å². The quantitative estimate of drug-likeness (QED) is 0.562. The Labute approximate surface area is 72.9 Å². The van der Waals surface area contributed by atoms with Gasteiger partial charge in [-0.15, -0.1) is 0 Å². The largest absolute Gasteiger partial charge is 0.467 e. The van der Waals surface area contributed by atoms with E-state index in [9.17, 15) is 4.79 Å². The molecule has 0 amide bonds. The third-order valence-corrected chi connectivity index (χ3v) is 1.70. The molecule has 0 unspecified atom stereocenters. The van der Waals surface area contributed by atoms with Crippen LogP contribution in [0.5, 0.6) is 0 Å². The van der Waals surface area contributed by atoms with Crippen LogP contribution in [0.4, 0.5) is 5.69 Å². The summed E-state index contributed by atoms with van der Waals surface area (Å²) in [7, 11) is 0. The lowest BCUT2D eigenvalue weighted by Crippen LogP contribution is -2.12. The summed E-state index contributed by atoms with van der Waals surface area (Å²) in [6.45, 7) is 0. The Balaban J connectivity index is 2.98. The van der Waals surface area contributed by atoms with Gasteiger partial charge in [-0.1, -0.05) is 6.07 Å². The molecule has 0 aromatic carbocycles. The lowest BCUT2D eigenvalue weighted by atomic mass is 10.4. The Kier molecular flexibility index (Phi) is 1.53. The van der Waals surface area contributed by atoms with Crippen molar-refractivity contribution in [3.63, 3.8) is 0 Å². The Bertz CT molecular complexity index is 552. The highest BCUT2D eigenvalue weighted by atomic mass is 16.1. The topological polar surface area (TPSA) is 62.5 Å². The van der Waals surface area contributed by atoms with Gasteiger partial charge in [0.2, 0.25) is 5.39 Å². The minimum atomic E-state index is -0.381. The number of pyridine rings is 1. The Morgan fingerprint density at radius 1 is 1.46 bits per heavy atom. The van der Waals surface area contributed by atoms with Crippen molar-refractivity contribution in [1.82, 2.24) is 9.38 Å². The number of hydrogen-bond donors (Lipinski definition) is 0. The molecule has 13 heavy (non-hydrogen) atoms. The van der Waals surface area contributed by atoms with Crippen LogP contribution in [0.3, 0.4) is 0 Å². The van der Waals surface area contributed by atoms with E-state index >= 15 is 0 Å². The third-order valence-electron chi connectivity index (χ3n) is 1.70. The van der Waals surface area contributed by atoms with Gasteiger partial charge in [0.05, 0.1) is 0 Å². The molecule has 0 aliphatic rings. The summed E-state index contributed by atoms with van der Waals surface area (Å²) in [6, 6.07) is 5.18. The molecule has 0 fully saturated rings. The van der Waals surface area contributed by atoms with Crippen molar-refractivity contribution >= 4 is 11.3 Å². The molecule has 2 aromatic heterocycles. The molecule has 2 aromatic rings. The summed E-state index contributed by atoms with van der Waals surface area (Å²) in [6.07, 6.45) is 2.80. The van der Waals surface area contributed by atoms with Crippen LogP contribution in [0, 0.1) is 5.39 Å². The van der Waals surface area contributed by atoms with E-state index in [1.165, 1.54) is 10.6 Å². The molecular weight excluding hydrogens is 168 g/mol. The number of diazo groups is 1. The fraction of sp³-hybridized carbons (Fsp3) is 0. The van der Waals surface area contributed by atoms with Crippen molar-refractivity contribution in [2.24, 2.45) is 0 Å². The molecule has 0 aliphatic carbocycles. The second kappa shape index (κ2) is 2.68. The van der Waals surface area contributed by atoms with Gasteiger partial charge in [0, 0.05) is 6.20 Å². The average molecular weight is 173 g/mol. The highest BCUT2D eigenvalue weighted by Crippen LogP contribution is 2.03. The number of hydrogen-bond acceptors (Lipinski definition) is 3. The Hall–Kier alpha value is -2.22. The molecule has 0 saturated heterocycles. The maximum atomic E-state index is 11.4. The molecular formula is C8H5N4O+. The number of aromatic nitrogens is 2. The van der Waals surface area contributed by atoms with Gasteiger partial charge >= 0.3 is 11.2 Å². The lowest BCUT2D eigenvalue weighted by molar-refractivity contribution is 1.05. The Morgan fingerprint density at radius 3 is 3.08 bits per heavy atom. The highest BCUT2D eigenvalue weighted by molar-refractivity contribution is 5.46. The van der Waals surface area contributed by atoms with E-state index in [0.29, 0.717) is 5.65 Å². The lowest BCUT2D eigenvalue weighted by Gasteiger charge is -1.93. The third kappa shape index (κ3) is 1.05. The van der Waals surface area contributed by atoms with Crippen molar-refractivity contribution in [3.8, 4) is 0 Å². The minimum Gasteiger partial charge on any atom is -0.261 e. The van der Waals surface area contributed by atoms with E-state index < -0.39 is 0 Å². The van der Waals surface area contributed by atoms with E-state index in [1.807, 2.05) is 0 Å². The van der Waals surface area contributed by atoms with Crippen LogP contribution in [0.25, 0.3) is 10.6 Å². The van der Waals surface area contributed by atoms with Crippen LogP contribution in [0.15, 0.2) is 35.4 Å². The zero-order valence-corrected chi connectivity index (χ0v) is 6.58. The smallest absolute Gasteiger partial charge is 0.261 e. The fourth-order valence-corrected chi connectivity index (χ4v) is 1.09. The SMILES string of the molecule is N#[N+]c1cnc2ccccn2c1=O. The van der Waals surface area contributed by atoms with E-state index in [1.54, 1.807) is 24.4 Å². The number of nitrogens with zero attached hydrogens (tertiary/aromatic N) is 4. The molecule has 0 bridgehead atoms. The molecule has 5 heteroatoms. The number of fused-ring (bicyclic) bond motifs is 1. The van der Waals surface area contributed by atoms with Crippen molar-refractivity contribution in [2.45, 2.75) is 0 Å². The molecule has 0 atom stereocenters. The molecule has 5 nitrogen and oxygen atoms in total. The first-order valence-electron chi connectivity index (χ1n) is 3.64. The van der Waals surface area contributed by atoms with Crippen LogP contribution in [0.1, 0.15) is 0 Å². The summed E-state index contributed by atoms with van der Waals surface area (Å²) in [5, 5.41) is 8.45. The average Bonchev–Trinajstić information content (AvgIpc) is 2.19. The molecule has 0 spiro atoms. The standard InChI is InChI=1S/C8H5N4O/c9-11-6-5-10-7-3-1-2-4-12(7)8(6)13/h1-5H/q+1. The van der Waals surface area contributed by atoms with Crippen LogP contribution in [0.2, 0.25) is 0 Å². The second-order valence-electron chi connectivity index (χ2n) is 2.48. The zero-order chi connectivity index (χ0) is 9.26. The molecule has 2 heterocycles. The maximum absolute atomic E-state index is 11.4. The minimum absolute atomic E-state index is 0.0660. The first-order valence-corrected chi connectivity index (χ1v) is 3.64. The summed E-state index contributed by atoms with van der Waals surface area (Å²) in [5.74, 6) is 0. The van der Waals surface area contributed by atoms with Gasteiger partial charge in [-0.25, -0.2) is 4.98 Å².